The van der Waals surface area contributed by atoms with Crippen molar-refractivity contribution in [1.29, 1.82) is 0 Å². The van der Waals surface area contributed by atoms with Gasteiger partial charge in [-0.25, -0.2) is 4.98 Å². The van der Waals surface area contributed by atoms with E-state index in [9.17, 15) is 9.59 Å². The van der Waals surface area contributed by atoms with Gasteiger partial charge in [0.15, 0.2) is 5.13 Å². The van der Waals surface area contributed by atoms with Crippen LogP contribution in [0.1, 0.15) is 42.6 Å². The predicted octanol–water partition coefficient (Wildman–Crippen LogP) is 2.53. The summed E-state index contributed by atoms with van der Waals surface area (Å²) in [6.07, 6.45) is 0.743. The fraction of sp³-hybridized carbons (Fsp3) is 0.615. The Morgan fingerprint density at radius 1 is 1.37 bits per heavy atom. The molecule has 1 aromatic rings. The maximum Gasteiger partial charge on any atom is 0.265 e. The largest absolute Gasteiger partial charge is 0.344 e. The first-order chi connectivity index (χ1) is 8.69. The number of amides is 2. The van der Waals surface area contributed by atoms with E-state index in [1.807, 2.05) is 20.8 Å². The summed E-state index contributed by atoms with van der Waals surface area (Å²) in [4.78, 5) is 30.3. The zero-order valence-electron chi connectivity index (χ0n) is 12.3. The van der Waals surface area contributed by atoms with Gasteiger partial charge in [-0.05, 0) is 13.3 Å². The molecule has 0 saturated heterocycles. The highest BCUT2D eigenvalue weighted by molar-refractivity contribution is 7.17. The van der Waals surface area contributed by atoms with Gasteiger partial charge in [0, 0.05) is 19.5 Å². The highest BCUT2D eigenvalue weighted by atomic mass is 32.1. The molecular formula is C13H21N3O2S. The Balaban J connectivity index is 2.91. The van der Waals surface area contributed by atoms with Crippen LogP contribution in [-0.2, 0) is 4.79 Å². The molecule has 0 aliphatic rings. The molecule has 5 nitrogen and oxygen atoms in total. The van der Waals surface area contributed by atoms with E-state index in [0.717, 1.165) is 6.42 Å². The minimum atomic E-state index is -0.439. The van der Waals surface area contributed by atoms with E-state index in [2.05, 4.69) is 10.3 Å². The van der Waals surface area contributed by atoms with Crippen LogP contribution in [-0.4, -0.2) is 35.8 Å². The molecule has 0 aromatic carbocycles. The van der Waals surface area contributed by atoms with Crippen LogP contribution < -0.4 is 5.32 Å². The van der Waals surface area contributed by atoms with Crippen molar-refractivity contribution in [3.63, 3.8) is 0 Å². The first-order valence-corrected chi connectivity index (χ1v) is 7.01. The average molecular weight is 283 g/mol. The van der Waals surface area contributed by atoms with Crippen LogP contribution >= 0.6 is 11.3 Å². The standard InChI is InChI=1S/C13H21N3O2S/c1-7-13(3,4)11(18)15-12-14-8(2)9(19-12)10(17)16(5)6/h7H2,1-6H3,(H,14,15,18). The Morgan fingerprint density at radius 2 is 1.95 bits per heavy atom. The van der Waals surface area contributed by atoms with Gasteiger partial charge in [0.25, 0.3) is 5.91 Å². The van der Waals surface area contributed by atoms with Crippen LogP contribution in [0.4, 0.5) is 5.13 Å². The number of carbonyl (C=O) groups excluding carboxylic acids is 2. The topological polar surface area (TPSA) is 62.3 Å². The predicted molar refractivity (Wildman–Crippen MR) is 77.6 cm³/mol. The number of hydrogen-bond donors (Lipinski definition) is 1. The summed E-state index contributed by atoms with van der Waals surface area (Å²) < 4.78 is 0. The molecule has 0 saturated carbocycles. The molecule has 0 fully saturated rings. The maximum atomic E-state index is 12.0. The molecule has 6 heteroatoms. The lowest BCUT2D eigenvalue weighted by Gasteiger charge is -2.20. The van der Waals surface area contributed by atoms with Gasteiger partial charge in [0.2, 0.25) is 5.91 Å². The summed E-state index contributed by atoms with van der Waals surface area (Å²) in [6.45, 7) is 7.50. The number of carbonyl (C=O) groups is 2. The molecule has 1 rings (SSSR count). The van der Waals surface area contributed by atoms with Crippen LogP contribution in [0.15, 0.2) is 0 Å². The second-order valence-electron chi connectivity index (χ2n) is 5.32. The quantitative estimate of drug-likeness (QED) is 0.923. The van der Waals surface area contributed by atoms with Gasteiger partial charge in [-0.2, -0.15) is 0 Å². The Kier molecular flexibility index (Phi) is 4.68. The molecule has 1 N–H and O–H groups in total. The van der Waals surface area contributed by atoms with E-state index >= 15 is 0 Å². The summed E-state index contributed by atoms with van der Waals surface area (Å²) in [5.41, 5.74) is 0.207. The normalized spacial score (nSPS) is 11.3. The number of anilines is 1. The highest BCUT2D eigenvalue weighted by Crippen LogP contribution is 2.27. The third-order valence-electron chi connectivity index (χ3n) is 3.12. The molecule has 1 heterocycles. The van der Waals surface area contributed by atoms with Gasteiger partial charge in [-0.15, -0.1) is 0 Å². The summed E-state index contributed by atoms with van der Waals surface area (Å²) >= 11 is 1.22. The molecule has 0 spiro atoms. The van der Waals surface area contributed by atoms with Crippen molar-refractivity contribution >= 4 is 28.3 Å². The van der Waals surface area contributed by atoms with E-state index in [0.29, 0.717) is 15.7 Å². The fourth-order valence-electron chi connectivity index (χ4n) is 1.28. The molecule has 0 radical (unpaired) electrons. The molecule has 2 amide bonds. The number of aromatic nitrogens is 1. The summed E-state index contributed by atoms with van der Waals surface area (Å²) in [5.74, 6) is -0.169. The average Bonchev–Trinajstić information content (AvgIpc) is 2.68. The van der Waals surface area contributed by atoms with Crippen molar-refractivity contribution in [3.8, 4) is 0 Å². The van der Waals surface area contributed by atoms with Gasteiger partial charge >= 0.3 is 0 Å². The third-order valence-corrected chi connectivity index (χ3v) is 4.18. The second kappa shape index (κ2) is 5.69. The smallest absolute Gasteiger partial charge is 0.265 e. The Morgan fingerprint density at radius 3 is 2.42 bits per heavy atom. The van der Waals surface area contributed by atoms with E-state index in [-0.39, 0.29) is 11.8 Å². The van der Waals surface area contributed by atoms with Crippen molar-refractivity contribution < 1.29 is 9.59 Å². The fourth-order valence-corrected chi connectivity index (χ4v) is 2.26. The van der Waals surface area contributed by atoms with Crippen LogP contribution in [0.3, 0.4) is 0 Å². The molecule has 0 atom stereocenters. The number of hydrogen-bond acceptors (Lipinski definition) is 4. The van der Waals surface area contributed by atoms with E-state index < -0.39 is 5.41 Å². The van der Waals surface area contributed by atoms with Crippen LogP contribution in [0.2, 0.25) is 0 Å². The summed E-state index contributed by atoms with van der Waals surface area (Å²) in [5, 5.41) is 3.27. The Bertz CT molecular complexity index is 492. The molecule has 1 aromatic heterocycles. The molecule has 0 aliphatic carbocycles. The molecule has 0 aliphatic heterocycles. The number of thiazole rings is 1. The zero-order valence-corrected chi connectivity index (χ0v) is 13.1. The van der Waals surface area contributed by atoms with Crippen molar-refractivity contribution in [3.05, 3.63) is 10.6 Å². The van der Waals surface area contributed by atoms with E-state index in [1.165, 1.54) is 16.2 Å². The number of rotatable bonds is 4. The van der Waals surface area contributed by atoms with Crippen molar-refractivity contribution in [2.75, 3.05) is 19.4 Å². The van der Waals surface area contributed by atoms with Crippen molar-refractivity contribution in [1.82, 2.24) is 9.88 Å². The van der Waals surface area contributed by atoms with Crippen LogP contribution in [0, 0.1) is 12.3 Å². The lowest BCUT2D eigenvalue weighted by molar-refractivity contribution is -0.124. The lowest BCUT2D eigenvalue weighted by atomic mass is 9.89. The Labute approximate surface area is 118 Å². The molecular weight excluding hydrogens is 262 g/mol. The van der Waals surface area contributed by atoms with Crippen molar-refractivity contribution in [2.45, 2.75) is 34.1 Å². The molecule has 106 valence electrons. The SMILES string of the molecule is CCC(C)(C)C(=O)Nc1nc(C)c(C(=O)N(C)C)s1. The number of nitrogens with zero attached hydrogens (tertiary/aromatic N) is 2. The maximum absolute atomic E-state index is 12.0. The molecule has 19 heavy (non-hydrogen) atoms. The van der Waals surface area contributed by atoms with E-state index in [1.54, 1.807) is 21.0 Å². The molecule has 0 unspecified atom stereocenters. The van der Waals surface area contributed by atoms with Gasteiger partial charge in [0.05, 0.1) is 5.69 Å². The number of nitrogens with one attached hydrogen (secondary N) is 1. The van der Waals surface area contributed by atoms with Crippen molar-refractivity contribution in [2.24, 2.45) is 5.41 Å². The van der Waals surface area contributed by atoms with Gasteiger partial charge in [-0.3, -0.25) is 9.59 Å². The highest BCUT2D eigenvalue weighted by Gasteiger charge is 2.27. The van der Waals surface area contributed by atoms with Crippen LogP contribution in [0.5, 0.6) is 0 Å². The number of aryl methyl sites for hydroxylation is 1. The van der Waals surface area contributed by atoms with Gasteiger partial charge in [0.1, 0.15) is 4.88 Å². The zero-order chi connectivity index (χ0) is 14.8. The molecule has 0 bridgehead atoms. The minimum Gasteiger partial charge on any atom is -0.344 e. The third kappa shape index (κ3) is 3.53. The first-order valence-electron chi connectivity index (χ1n) is 6.19. The van der Waals surface area contributed by atoms with Gasteiger partial charge < -0.3 is 10.2 Å². The van der Waals surface area contributed by atoms with Gasteiger partial charge in [-0.1, -0.05) is 32.1 Å². The summed E-state index contributed by atoms with van der Waals surface area (Å²) in [6, 6.07) is 0. The first kappa shape index (κ1) is 15.6. The Hall–Kier alpha value is -1.43. The lowest BCUT2D eigenvalue weighted by Crippen LogP contribution is -2.29. The van der Waals surface area contributed by atoms with Crippen LogP contribution in [0.25, 0.3) is 0 Å². The summed E-state index contributed by atoms with van der Waals surface area (Å²) in [7, 11) is 3.39. The van der Waals surface area contributed by atoms with E-state index in [4.69, 9.17) is 0 Å². The second-order valence-corrected chi connectivity index (χ2v) is 6.32. The monoisotopic (exact) mass is 283 g/mol. The minimum absolute atomic E-state index is 0.0763.